The molecule has 3 aromatic carbocycles. The van der Waals surface area contributed by atoms with Crippen LogP contribution >= 0.6 is 15.9 Å². The molecule has 0 radical (unpaired) electrons. The van der Waals surface area contributed by atoms with E-state index in [1.165, 1.54) is 0 Å². The summed E-state index contributed by atoms with van der Waals surface area (Å²) in [5.41, 5.74) is 2.61. The molecule has 1 unspecified atom stereocenters. The van der Waals surface area contributed by atoms with Crippen molar-refractivity contribution in [1.29, 1.82) is 0 Å². The number of nitrogens with zero attached hydrogens (tertiary/aromatic N) is 2. The van der Waals surface area contributed by atoms with Crippen LogP contribution in [0.25, 0.3) is 11.0 Å². The number of aryl methyl sites for hydroxylation is 1. The molecule has 1 heterocycles. The third kappa shape index (κ3) is 5.78. The van der Waals surface area contributed by atoms with Gasteiger partial charge in [0.2, 0.25) is 0 Å². The second-order valence-corrected chi connectivity index (χ2v) is 8.96. The van der Waals surface area contributed by atoms with Gasteiger partial charge in [-0.15, -0.1) is 0 Å². The maximum Gasteiger partial charge on any atom is 0.251 e. The molecular formula is C27H28BrN3O3. The lowest BCUT2D eigenvalue weighted by atomic mass is 10.2. The Morgan fingerprint density at radius 3 is 2.59 bits per heavy atom. The summed E-state index contributed by atoms with van der Waals surface area (Å²) in [4.78, 5) is 17.6. The maximum absolute atomic E-state index is 12.8. The minimum atomic E-state index is -0.239. The number of halogens is 1. The average Bonchev–Trinajstić information content (AvgIpc) is 3.23. The molecule has 4 aromatic rings. The quantitative estimate of drug-likeness (QED) is 0.254. The van der Waals surface area contributed by atoms with E-state index in [1.54, 1.807) is 19.2 Å². The summed E-state index contributed by atoms with van der Waals surface area (Å²) in [6.07, 6.45) is 1.81. The van der Waals surface area contributed by atoms with Crippen molar-refractivity contribution in [2.75, 3.05) is 13.7 Å². The second kappa shape index (κ2) is 11.2. The molecular weight excluding hydrogens is 494 g/mol. The van der Waals surface area contributed by atoms with E-state index in [2.05, 4.69) is 31.9 Å². The molecule has 6 nitrogen and oxygen atoms in total. The molecule has 0 bridgehead atoms. The molecule has 176 valence electrons. The number of carbonyl (C=O) groups is 1. The Morgan fingerprint density at radius 2 is 1.79 bits per heavy atom. The molecule has 0 spiro atoms. The van der Waals surface area contributed by atoms with Crippen molar-refractivity contribution < 1.29 is 14.3 Å². The number of hydrogen-bond acceptors (Lipinski definition) is 4. The van der Waals surface area contributed by atoms with Gasteiger partial charge in [-0.1, -0.05) is 34.1 Å². The molecule has 0 fully saturated rings. The number of carbonyl (C=O) groups excluding carboxylic acids is 1. The number of imidazole rings is 1. The monoisotopic (exact) mass is 521 g/mol. The molecule has 1 amide bonds. The van der Waals surface area contributed by atoms with Crippen LogP contribution < -0.4 is 14.8 Å². The number of amides is 1. The minimum absolute atomic E-state index is 0.120. The van der Waals surface area contributed by atoms with Crippen molar-refractivity contribution >= 4 is 32.9 Å². The van der Waals surface area contributed by atoms with Gasteiger partial charge in [-0.3, -0.25) is 4.79 Å². The highest BCUT2D eigenvalue weighted by Gasteiger charge is 2.19. The van der Waals surface area contributed by atoms with Crippen LogP contribution in [0.15, 0.2) is 77.3 Å². The van der Waals surface area contributed by atoms with Gasteiger partial charge in [-0.05, 0) is 68.3 Å². The van der Waals surface area contributed by atoms with E-state index >= 15 is 0 Å². The molecule has 0 aliphatic carbocycles. The van der Waals surface area contributed by atoms with Crippen molar-refractivity contribution in [3.05, 3.63) is 88.7 Å². The van der Waals surface area contributed by atoms with Crippen LogP contribution in [0.4, 0.5) is 0 Å². The Morgan fingerprint density at radius 1 is 1.03 bits per heavy atom. The minimum Gasteiger partial charge on any atom is -0.497 e. The summed E-state index contributed by atoms with van der Waals surface area (Å²) in [5, 5.41) is 3.09. The van der Waals surface area contributed by atoms with Gasteiger partial charge in [0.1, 0.15) is 17.3 Å². The van der Waals surface area contributed by atoms with Gasteiger partial charge in [-0.2, -0.15) is 0 Å². The van der Waals surface area contributed by atoms with Crippen molar-refractivity contribution in [3.63, 3.8) is 0 Å². The fourth-order valence-electron chi connectivity index (χ4n) is 3.86. The Hall–Kier alpha value is -3.32. The van der Waals surface area contributed by atoms with Gasteiger partial charge >= 0.3 is 0 Å². The summed E-state index contributed by atoms with van der Waals surface area (Å²) < 4.78 is 14.3. The van der Waals surface area contributed by atoms with Gasteiger partial charge in [0.05, 0.1) is 30.8 Å². The number of rotatable bonds is 10. The summed E-state index contributed by atoms with van der Waals surface area (Å²) >= 11 is 3.41. The number of para-hydroxylation sites is 2. The molecule has 0 saturated carbocycles. The molecule has 34 heavy (non-hydrogen) atoms. The Kier molecular flexibility index (Phi) is 7.85. The largest absolute Gasteiger partial charge is 0.497 e. The standard InChI is InChI=1S/C27H28BrN3O3/c1-19(29-27(32)20-12-14-21(28)15-13-20)26-30-24-10-3-4-11-25(24)31(26)16-5-6-17-34-23-9-7-8-22(18-23)33-2/h3-4,7-15,18-19H,5-6,16-17H2,1-2H3,(H,29,32). The van der Waals surface area contributed by atoms with Gasteiger partial charge in [0, 0.05) is 22.6 Å². The highest BCUT2D eigenvalue weighted by Crippen LogP contribution is 2.23. The number of unbranched alkanes of at least 4 members (excludes halogenated alkanes) is 1. The number of aromatic nitrogens is 2. The van der Waals surface area contributed by atoms with Gasteiger partial charge < -0.3 is 19.4 Å². The van der Waals surface area contributed by atoms with Crippen LogP contribution in [0, 0.1) is 0 Å². The first kappa shape index (κ1) is 23.8. The summed E-state index contributed by atoms with van der Waals surface area (Å²) in [5.74, 6) is 2.31. The van der Waals surface area contributed by atoms with Crippen molar-refractivity contribution in [3.8, 4) is 11.5 Å². The summed E-state index contributed by atoms with van der Waals surface area (Å²) in [6.45, 7) is 3.38. The van der Waals surface area contributed by atoms with Crippen LogP contribution in [-0.2, 0) is 6.54 Å². The molecule has 4 rings (SSSR count). The molecule has 0 aliphatic heterocycles. The molecule has 0 saturated heterocycles. The number of fused-ring (bicyclic) bond motifs is 1. The van der Waals surface area contributed by atoms with Gasteiger partial charge in [0.15, 0.2) is 0 Å². The predicted molar refractivity (Wildman–Crippen MR) is 137 cm³/mol. The topological polar surface area (TPSA) is 65.4 Å². The highest BCUT2D eigenvalue weighted by atomic mass is 79.9. The van der Waals surface area contributed by atoms with Gasteiger partial charge in [-0.25, -0.2) is 4.98 Å². The molecule has 7 heteroatoms. The SMILES string of the molecule is COc1cccc(OCCCCn2c(C(C)NC(=O)c3ccc(Br)cc3)nc3ccccc32)c1. The van der Waals surface area contributed by atoms with Crippen molar-refractivity contribution in [1.82, 2.24) is 14.9 Å². The fourth-order valence-corrected chi connectivity index (χ4v) is 4.12. The molecule has 1 atom stereocenters. The number of nitrogens with one attached hydrogen (secondary N) is 1. The van der Waals surface area contributed by atoms with E-state index in [-0.39, 0.29) is 11.9 Å². The zero-order valence-corrected chi connectivity index (χ0v) is 20.9. The average molecular weight is 522 g/mol. The second-order valence-electron chi connectivity index (χ2n) is 8.05. The van der Waals surface area contributed by atoms with Crippen LogP contribution in [0.1, 0.15) is 42.0 Å². The number of hydrogen-bond donors (Lipinski definition) is 1. The first-order valence-corrected chi connectivity index (χ1v) is 12.1. The molecule has 1 aromatic heterocycles. The van der Waals surface area contributed by atoms with Crippen LogP contribution in [-0.4, -0.2) is 29.2 Å². The number of ether oxygens (including phenoxy) is 2. The van der Waals surface area contributed by atoms with Crippen molar-refractivity contribution in [2.24, 2.45) is 0 Å². The summed E-state index contributed by atoms with van der Waals surface area (Å²) in [7, 11) is 1.65. The third-order valence-corrected chi connectivity index (χ3v) is 6.14. The summed E-state index contributed by atoms with van der Waals surface area (Å²) in [6, 6.07) is 22.8. The fraction of sp³-hybridized carbons (Fsp3) is 0.259. The molecule has 1 N–H and O–H groups in total. The van der Waals surface area contributed by atoms with E-state index in [0.29, 0.717) is 12.2 Å². The normalized spacial score (nSPS) is 11.9. The highest BCUT2D eigenvalue weighted by molar-refractivity contribution is 9.10. The predicted octanol–water partition coefficient (Wildman–Crippen LogP) is 6.16. The van der Waals surface area contributed by atoms with E-state index in [0.717, 1.165) is 52.2 Å². The smallest absolute Gasteiger partial charge is 0.251 e. The number of methoxy groups -OCH3 is 1. The Balaban J connectivity index is 1.41. The van der Waals surface area contributed by atoms with E-state index in [1.807, 2.05) is 61.5 Å². The third-order valence-electron chi connectivity index (χ3n) is 5.61. The Labute approximate surface area is 208 Å². The maximum atomic E-state index is 12.8. The van der Waals surface area contributed by atoms with Gasteiger partial charge in [0.25, 0.3) is 5.91 Å². The van der Waals surface area contributed by atoms with E-state index in [4.69, 9.17) is 14.5 Å². The first-order valence-electron chi connectivity index (χ1n) is 11.3. The Bertz CT molecular complexity index is 1250. The lowest BCUT2D eigenvalue weighted by Gasteiger charge is -2.17. The lowest BCUT2D eigenvalue weighted by Crippen LogP contribution is -2.28. The van der Waals surface area contributed by atoms with Crippen molar-refractivity contribution in [2.45, 2.75) is 32.4 Å². The lowest BCUT2D eigenvalue weighted by molar-refractivity contribution is 0.0937. The van der Waals surface area contributed by atoms with Crippen LogP contribution in [0.3, 0.4) is 0 Å². The molecule has 0 aliphatic rings. The van der Waals surface area contributed by atoms with E-state index < -0.39 is 0 Å². The zero-order valence-electron chi connectivity index (χ0n) is 19.3. The van der Waals surface area contributed by atoms with E-state index in [9.17, 15) is 4.79 Å². The first-order chi connectivity index (χ1) is 16.5. The van der Waals surface area contributed by atoms with Crippen LogP contribution in [0.2, 0.25) is 0 Å². The number of benzene rings is 3. The van der Waals surface area contributed by atoms with Crippen LogP contribution in [0.5, 0.6) is 11.5 Å². The zero-order chi connectivity index (χ0) is 23.9.